The Morgan fingerprint density at radius 2 is 1.86 bits per heavy atom. The zero-order chi connectivity index (χ0) is 16.2. The maximum Gasteiger partial charge on any atom is 0.461 e. The highest BCUT2D eigenvalue weighted by Crippen LogP contribution is 2.34. The molecule has 1 aromatic rings. The summed E-state index contributed by atoms with van der Waals surface area (Å²) in [5.41, 5.74) is 0.271. The molecular formula is C14H18F4N2O2. The van der Waals surface area contributed by atoms with Crippen molar-refractivity contribution in [2.24, 2.45) is 0 Å². The lowest BCUT2D eigenvalue weighted by atomic mass is 10.0. The third kappa shape index (κ3) is 3.88. The van der Waals surface area contributed by atoms with Crippen LogP contribution >= 0.6 is 0 Å². The van der Waals surface area contributed by atoms with Gasteiger partial charge >= 0.3 is 12.5 Å². The molecule has 22 heavy (non-hydrogen) atoms. The first kappa shape index (κ1) is 17.0. The van der Waals surface area contributed by atoms with Gasteiger partial charge in [0.2, 0.25) is 0 Å². The Labute approximate surface area is 125 Å². The highest BCUT2D eigenvalue weighted by Gasteiger charge is 2.44. The molecule has 1 fully saturated rings. The van der Waals surface area contributed by atoms with Crippen LogP contribution in [0.5, 0.6) is 5.75 Å². The maximum atomic E-state index is 13.2. The van der Waals surface area contributed by atoms with E-state index in [0.29, 0.717) is 26.2 Å². The van der Waals surface area contributed by atoms with Gasteiger partial charge in [0.05, 0.1) is 12.6 Å². The number of para-hydroxylation sites is 1. The molecule has 8 heteroatoms. The van der Waals surface area contributed by atoms with Crippen LogP contribution < -0.4 is 10.1 Å². The van der Waals surface area contributed by atoms with Gasteiger partial charge in [-0.3, -0.25) is 4.90 Å². The number of hydrogen-bond acceptors (Lipinski definition) is 4. The molecule has 0 aromatic heterocycles. The predicted octanol–water partition coefficient (Wildman–Crippen LogP) is 1.86. The van der Waals surface area contributed by atoms with Crippen molar-refractivity contribution in [3.63, 3.8) is 0 Å². The molecule has 0 amide bonds. The van der Waals surface area contributed by atoms with Crippen LogP contribution in [0.15, 0.2) is 24.3 Å². The highest BCUT2D eigenvalue weighted by molar-refractivity contribution is 5.36. The Morgan fingerprint density at radius 1 is 1.23 bits per heavy atom. The molecule has 2 N–H and O–H groups in total. The normalized spacial score (nSPS) is 18.5. The van der Waals surface area contributed by atoms with E-state index in [1.807, 2.05) is 4.90 Å². The number of benzene rings is 1. The number of alkyl halides is 4. The minimum Gasteiger partial charge on any atom is -0.428 e. The Kier molecular flexibility index (Phi) is 5.60. The number of piperazine rings is 1. The number of aliphatic hydroxyl groups excluding tert-OH is 1. The van der Waals surface area contributed by atoms with Crippen molar-refractivity contribution in [1.82, 2.24) is 10.2 Å². The van der Waals surface area contributed by atoms with Gasteiger partial charge in [-0.05, 0) is 6.07 Å². The number of nitrogens with one attached hydrogen (secondary N) is 1. The standard InChI is InChI=1S/C14H18F4N2O2/c15-13(16)14(17,18)22-12-4-2-1-3-10(12)11(9-21)20-7-5-19-6-8-20/h1-4,11,13,19,21H,5-9H2/t11-/m1/s1. The molecule has 0 unspecified atom stereocenters. The van der Waals surface area contributed by atoms with Gasteiger partial charge in [0.15, 0.2) is 0 Å². The first-order chi connectivity index (χ1) is 10.5. The summed E-state index contributed by atoms with van der Waals surface area (Å²) < 4.78 is 55.2. The van der Waals surface area contributed by atoms with Crippen molar-refractivity contribution >= 4 is 0 Å². The van der Waals surface area contributed by atoms with E-state index in [9.17, 15) is 22.7 Å². The maximum absolute atomic E-state index is 13.2. The smallest absolute Gasteiger partial charge is 0.428 e. The van der Waals surface area contributed by atoms with Gasteiger partial charge < -0.3 is 15.2 Å². The summed E-state index contributed by atoms with van der Waals surface area (Å²) in [5.74, 6) is -0.342. The van der Waals surface area contributed by atoms with Gasteiger partial charge in [0, 0.05) is 31.7 Å². The topological polar surface area (TPSA) is 44.7 Å². The molecule has 1 saturated heterocycles. The van der Waals surface area contributed by atoms with E-state index in [2.05, 4.69) is 10.1 Å². The van der Waals surface area contributed by atoms with E-state index in [1.165, 1.54) is 18.2 Å². The molecule has 0 aliphatic carbocycles. The first-order valence-corrected chi connectivity index (χ1v) is 6.95. The lowest BCUT2D eigenvalue weighted by Crippen LogP contribution is -2.46. The molecule has 1 heterocycles. The summed E-state index contributed by atoms with van der Waals surface area (Å²) in [6.07, 6.45) is -8.49. The van der Waals surface area contributed by atoms with Crippen molar-refractivity contribution in [3.8, 4) is 5.75 Å². The Morgan fingerprint density at radius 3 is 2.45 bits per heavy atom. The summed E-state index contributed by atoms with van der Waals surface area (Å²) in [7, 11) is 0. The third-order valence-corrected chi connectivity index (χ3v) is 3.54. The van der Waals surface area contributed by atoms with Crippen LogP contribution in [0.3, 0.4) is 0 Å². The molecule has 1 aliphatic heterocycles. The van der Waals surface area contributed by atoms with Crippen LogP contribution in [-0.4, -0.2) is 55.3 Å². The van der Waals surface area contributed by atoms with Crippen LogP contribution in [0.25, 0.3) is 0 Å². The SMILES string of the molecule is OC[C@H](c1ccccc1OC(F)(F)C(F)F)N1CCNCC1. The predicted molar refractivity (Wildman–Crippen MR) is 72.3 cm³/mol. The fourth-order valence-corrected chi connectivity index (χ4v) is 2.44. The Hall–Kier alpha value is -1.38. The molecule has 0 saturated carbocycles. The summed E-state index contributed by atoms with van der Waals surface area (Å²) in [5, 5.41) is 12.7. The van der Waals surface area contributed by atoms with Crippen molar-refractivity contribution < 1.29 is 27.4 Å². The molecule has 2 rings (SSSR count). The molecule has 0 radical (unpaired) electrons. The zero-order valence-electron chi connectivity index (χ0n) is 11.8. The fourth-order valence-electron chi connectivity index (χ4n) is 2.44. The van der Waals surface area contributed by atoms with Gasteiger partial charge in [0.1, 0.15) is 5.75 Å². The summed E-state index contributed by atoms with van der Waals surface area (Å²) in [6.45, 7) is 2.32. The van der Waals surface area contributed by atoms with Crippen molar-refractivity contribution in [1.29, 1.82) is 0 Å². The molecule has 124 valence electrons. The number of nitrogens with zero attached hydrogens (tertiary/aromatic N) is 1. The van der Waals surface area contributed by atoms with Gasteiger partial charge in [-0.15, -0.1) is 0 Å². The lowest BCUT2D eigenvalue weighted by molar-refractivity contribution is -0.253. The largest absolute Gasteiger partial charge is 0.461 e. The highest BCUT2D eigenvalue weighted by atomic mass is 19.3. The number of ether oxygens (including phenoxy) is 1. The number of rotatable bonds is 6. The summed E-state index contributed by atoms with van der Waals surface area (Å²) >= 11 is 0. The molecule has 1 atom stereocenters. The second-order valence-corrected chi connectivity index (χ2v) is 4.99. The first-order valence-electron chi connectivity index (χ1n) is 6.95. The average molecular weight is 322 g/mol. The summed E-state index contributed by atoms with van der Waals surface area (Å²) in [4.78, 5) is 1.90. The van der Waals surface area contributed by atoms with E-state index >= 15 is 0 Å². The second kappa shape index (κ2) is 7.26. The van der Waals surface area contributed by atoms with Crippen LogP contribution in [0, 0.1) is 0 Å². The van der Waals surface area contributed by atoms with Gasteiger partial charge in [-0.2, -0.15) is 17.6 Å². The van der Waals surface area contributed by atoms with Gasteiger partial charge in [-0.1, -0.05) is 18.2 Å². The molecule has 4 nitrogen and oxygen atoms in total. The van der Waals surface area contributed by atoms with Crippen LogP contribution in [0.2, 0.25) is 0 Å². The van der Waals surface area contributed by atoms with E-state index in [0.717, 1.165) is 0 Å². The second-order valence-electron chi connectivity index (χ2n) is 4.99. The third-order valence-electron chi connectivity index (χ3n) is 3.54. The van der Waals surface area contributed by atoms with Crippen molar-refractivity contribution in [2.75, 3.05) is 32.8 Å². The molecule has 0 bridgehead atoms. The van der Waals surface area contributed by atoms with Crippen LogP contribution in [0.4, 0.5) is 17.6 Å². The van der Waals surface area contributed by atoms with Crippen LogP contribution in [-0.2, 0) is 0 Å². The number of hydrogen-bond donors (Lipinski definition) is 2. The minimum atomic E-state index is -4.57. The number of halogens is 4. The molecular weight excluding hydrogens is 304 g/mol. The van der Waals surface area contributed by atoms with E-state index in [-0.39, 0.29) is 17.9 Å². The van der Waals surface area contributed by atoms with Crippen molar-refractivity contribution in [2.45, 2.75) is 18.6 Å². The molecule has 0 spiro atoms. The van der Waals surface area contributed by atoms with E-state index < -0.39 is 18.6 Å². The quantitative estimate of drug-likeness (QED) is 0.785. The number of aliphatic hydroxyl groups is 1. The molecule has 1 aromatic carbocycles. The minimum absolute atomic E-state index is 0.271. The Balaban J connectivity index is 2.25. The van der Waals surface area contributed by atoms with Crippen molar-refractivity contribution in [3.05, 3.63) is 29.8 Å². The van der Waals surface area contributed by atoms with Gasteiger partial charge in [-0.25, -0.2) is 0 Å². The fraction of sp³-hybridized carbons (Fsp3) is 0.571. The zero-order valence-corrected chi connectivity index (χ0v) is 11.8. The van der Waals surface area contributed by atoms with Crippen LogP contribution in [0.1, 0.15) is 11.6 Å². The summed E-state index contributed by atoms with van der Waals surface area (Å²) in [6, 6.07) is 5.14. The van der Waals surface area contributed by atoms with E-state index in [1.54, 1.807) is 6.07 Å². The Bertz CT molecular complexity index is 482. The van der Waals surface area contributed by atoms with E-state index in [4.69, 9.17) is 0 Å². The monoisotopic (exact) mass is 322 g/mol. The average Bonchev–Trinajstić information content (AvgIpc) is 2.50. The lowest BCUT2D eigenvalue weighted by Gasteiger charge is -2.35. The van der Waals surface area contributed by atoms with Gasteiger partial charge in [0.25, 0.3) is 0 Å². The molecule has 1 aliphatic rings.